The Labute approximate surface area is 98.0 Å². The number of nitrogens with zero attached hydrogens (tertiary/aromatic N) is 2. The molecule has 5 heteroatoms. The molecular weight excluding hydrogens is 214 g/mol. The summed E-state index contributed by atoms with van der Waals surface area (Å²) in [6.45, 7) is 2.62. The second-order valence-electron chi connectivity index (χ2n) is 4.00. The average molecular weight is 234 g/mol. The molecule has 0 radical (unpaired) electrons. The molecule has 0 saturated carbocycles. The Kier molecular flexibility index (Phi) is 7.71. The van der Waals surface area contributed by atoms with E-state index in [4.69, 9.17) is 10.00 Å². The Morgan fingerprint density at radius 1 is 1.53 bits per heavy atom. The molecule has 1 aliphatic rings. The standard InChI is InChI=1S/C10H19N3O.ClH/c1-13(2)5-6-14-10-7-9(3-4-11)12-8-10;/h9-10,12H,3,5-8H2,1-2H3;1H/t9-,10+;/m0./s1. The number of halogens is 1. The first-order chi connectivity index (χ1) is 6.72. The topological polar surface area (TPSA) is 48.3 Å². The Bertz CT molecular complexity index is 205. The quantitative estimate of drug-likeness (QED) is 0.757. The number of ether oxygens (including phenoxy) is 1. The van der Waals surface area contributed by atoms with E-state index < -0.39 is 0 Å². The van der Waals surface area contributed by atoms with Gasteiger partial charge in [0.2, 0.25) is 0 Å². The van der Waals surface area contributed by atoms with Crippen molar-refractivity contribution >= 4 is 12.4 Å². The fraction of sp³-hybridized carbons (Fsp3) is 0.900. The van der Waals surface area contributed by atoms with E-state index in [9.17, 15) is 0 Å². The van der Waals surface area contributed by atoms with Crippen molar-refractivity contribution in [3.63, 3.8) is 0 Å². The van der Waals surface area contributed by atoms with Crippen LogP contribution in [0.1, 0.15) is 12.8 Å². The zero-order chi connectivity index (χ0) is 10.4. The molecule has 0 amide bonds. The van der Waals surface area contributed by atoms with Crippen LogP contribution >= 0.6 is 12.4 Å². The minimum atomic E-state index is 0. The highest BCUT2D eigenvalue weighted by molar-refractivity contribution is 5.85. The molecule has 2 atom stereocenters. The molecule has 0 aromatic rings. The van der Waals surface area contributed by atoms with E-state index in [1.54, 1.807) is 0 Å². The average Bonchev–Trinajstić information content (AvgIpc) is 2.53. The van der Waals surface area contributed by atoms with Gasteiger partial charge in [0.25, 0.3) is 0 Å². The van der Waals surface area contributed by atoms with Crippen molar-refractivity contribution in [1.82, 2.24) is 10.2 Å². The minimum absolute atomic E-state index is 0. The zero-order valence-corrected chi connectivity index (χ0v) is 10.2. The highest BCUT2D eigenvalue weighted by Crippen LogP contribution is 2.12. The maximum absolute atomic E-state index is 8.52. The van der Waals surface area contributed by atoms with Crippen molar-refractivity contribution in [3.05, 3.63) is 0 Å². The molecule has 1 N–H and O–H groups in total. The van der Waals surface area contributed by atoms with Gasteiger partial charge in [-0.3, -0.25) is 0 Å². The molecule has 0 bridgehead atoms. The van der Waals surface area contributed by atoms with Gasteiger partial charge in [0.1, 0.15) is 0 Å². The Hall–Kier alpha value is -0.340. The van der Waals surface area contributed by atoms with Crippen molar-refractivity contribution in [2.24, 2.45) is 0 Å². The van der Waals surface area contributed by atoms with Crippen LogP contribution < -0.4 is 5.32 Å². The van der Waals surface area contributed by atoms with Gasteiger partial charge in [-0.25, -0.2) is 0 Å². The number of nitrogens with one attached hydrogen (secondary N) is 1. The van der Waals surface area contributed by atoms with E-state index in [1.807, 2.05) is 14.1 Å². The molecule has 4 nitrogen and oxygen atoms in total. The summed E-state index contributed by atoms with van der Waals surface area (Å²) >= 11 is 0. The van der Waals surface area contributed by atoms with Crippen molar-refractivity contribution in [2.75, 3.05) is 33.8 Å². The minimum Gasteiger partial charge on any atom is -0.376 e. The van der Waals surface area contributed by atoms with Gasteiger partial charge in [-0.1, -0.05) is 0 Å². The first-order valence-electron chi connectivity index (χ1n) is 5.09. The van der Waals surface area contributed by atoms with Crippen LogP contribution in [0.15, 0.2) is 0 Å². The van der Waals surface area contributed by atoms with Gasteiger partial charge in [0, 0.05) is 19.1 Å². The Morgan fingerprint density at radius 2 is 2.27 bits per heavy atom. The zero-order valence-electron chi connectivity index (χ0n) is 9.40. The normalized spacial score (nSPS) is 24.9. The largest absolute Gasteiger partial charge is 0.376 e. The SMILES string of the molecule is CN(C)CCO[C@H]1CN[C@@H](CC#N)C1.Cl. The third-order valence-corrected chi connectivity index (χ3v) is 2.41. The van der Waals surface area contributed by atoms with Crippen LogP contribution in [0.4, 0.5) is 0 Å². The lowest BCUT2D eigenvalue weighted by molar-refractivity contribution is 0.0556. The van der Waals surface area contributed by atoms with Gasteiger partial charge < -0.3 is 15.0 Å². The number of hydrogen-bond acceptors (Lipinski definition) is 4. The van der Waals surface area contributed by atoms with Crippen LogP contribution in [0.25, 0.3) is 0 Å². The summed E-state index contributed by atoms with van der Waals surface area (Å²) < 4.78 is 5.68. The second-order valence-corrected chi connectivity index (χ2v) is 4.00. The third-order valence-electron chi connectivity index (χ3n) is 2.41. The number of hydrogen-bond donors (Lipinski definition) is 1. The highest BCUT2D eigenvalue weighted by atomic mass is 35.5. The maximum atomic E-state index is 8.52. The lowest BCUT2D eigenvalue weighted by atomic mass is 10.1. The van der Waals surface area contributed by atoms with E-state index in [2.05, 4.69) is 16.3 Å². The van der Waals surface area contributed by atoms with E-state index in [-0.39, 0.29) is 12.4 Å². The molecule has 0 aliphatic carbocycles. The summed E-state index contributed by atoms with van der Waals surface area (Å²) in [6, 6.07) is 2.52. The third kappa shape index (κ3) is 5.95. The molecule has 88 valence electrons. The molecule has 0 aromatic carbocycles. The molecule has 15 heavy (non-hydrogen) atoms. The fourth-order valence-corrected chi connectivity index (χ4v) is 1.58. The fourth-order valence-electron chi connectivity index (χ4n) is 1.58. The van der Waals surface area contributed by atoms with E-state index in [0.717, 1.165) is 26.1 Å². The van der Waals surface area contributed by atoms with Gasteiger partial charge in [0.15, 0.2) is 0 Å². The number of likely N-dealkylation sites (N-methyl/N-ethyl adjacent to an activating group) is 1. The summed E-state index contributed by atoms with van der Waals surface area (Å²) in [5, 5.41) is 11.8. The smallest absolute Gasteiger partial charge is 0.0715 e. The molecule has 1 saturated heterocycles. The van der Waals surface area contributed by atoms with Gasteiger partial charge in [-0.2, -0.15) is 5.26 Å². The summed E-state index contributed by atoms with van der Waals surface area (Å²) in [5.74, 6) is 0. The van der Waals surface area contributed by atoms with E-state index in [0.29, 0.717) is 18.6 Å². The van der Waals surface area contributed by atoms with Crippen LogP contribution in [-0.4, -0.2) is 50.8 Å². The first-order valence-corrected chi connectivity index (χ1v) is 5.09. The van der Waals surface area contributed by atoms with Crippen LogP contribution in [0, 0.1) is 11.3 Å². The van der Waals surface area contributed by atoms with Crippen molar-refractivity contribution in [2.45, 2.75) is 25.0 Å². The lowest BCUT2D eigenvalue weighted by Gasteiger charge is -2.13. The summed E-state index contributed by atoms with van der Waals surface area (Å²) in [5.41, 5.74) is 0. The van der Waals surface area contributed by atoms with Crippen LogP contribution in [0.3, 0.4) is 0 Å². The predicted molar refractivity (Wildman–Crippen MR) is 62.2 cm³/mol. The van der Waals surface area contributed by atoms with Crippen molar-refractivity contribution in [1.29, 1.82) is 5.26 Å². The molecule has 0 spiro atoms. The van der Waals surface area contributed by atoms with Gasteiger partial charge in [-0.15, -0.1) is 12.4 Å². The van der Waals surface area contributed by atoms with E-state index >= 15 is 0 Å². The molecule has 1 fully saturated rings. The van der Waals surface area contributed by atoms with Gasteiger partial charge in [0.05, 0.1) is 25.2 Å². The second kappa shape index (κ2) is 7.89. The van der Waals surface area contributed by atoms with Crippen molar-refractivity contribution in [3.8, 4) is 6.07 Å². The van der Waals surface area contributed by atoms with Crippen LogP contribution in [-0.2, 0) is 4.74 Å². The molecule has 1 rings (SSSR count). The Balaban J connectivity index is 0.00000196. The predicted octanol–water partition coefficient (Wildman–Crippen LogP) is 0.631. The molecular formula is C10H20ClN3O. The molecule has 0 aromatic heterocycles. The monoisotopic (exact) mass is 233 g/mol. The summed E-state index contributed by atoms with van der Waals surface area (Å²) in [6.07, 6.45) is 1.86. The molecule has 0 unspecified atom stereocenters. The number of nitriles is 1. The van der Waals surface area contributed by atoms with Gasteiger partial charge in [-0.05, 0) is 20.5 Å². The summed E-state index contributed by atoms with van der Waals surface area (Å²) in [4.78, 5) is 2.11. The summed E-state index contributed by atoms with van der Waals surface area (Å²) in [7, 11) is 4.07. The number of rotatable bonds is 5. The van der Waals surface area contributed by atoms with Crippen LogP contribution in [0.5, 0.6) is 0 Å². The molecule has 1 aliphatic heterocycles. The van der Waals surface area contributed by atoms with Crippen LogP contribution in [0.2, 0.25) is 0 Å². The first kappa shape index (κ1) is 14.7. The van der Waals surface area contributed by atoms with Crippen molar-refractivity contribution < 1.29 is 4.74 Å². The maximum Gasteiger partial charge on any atom is 0.0715 e. The highest BCUT2D eigenvalue weighted by Gasteiger charge is 2.23. The Morgan fingerprint density at radius 3 is 2.87 bits per heavy atom. The molecule has 1 heterocycles. The van der Waals surface area contributed by atoms with Gasteiger partial charge >= 0.3 is 0 Å². The van der Waals surface area contributed by atoms with E-state index in [1.165, 1.54) is 0 Å². The lowest BCUT2D eigenvalue weighted by Crippen LogP contribution is -2.24.